The molecule has 18 heavy (non-hydrogen) atoms. The molecule has 0 atom stereocenters. The Kier molecular flexibility index (Phi) is 4.10. The van der Waals surface area contributed by atoms with E-state index < -0.39 is 0 Å². The van der Waals surface area contributed by atoms with Gasteiger partial charge in [-0.2, -0.15) is 5.10 Å². The quantitative estimate of drug-likeness (QED) is 0.823. The average Bonchev–Trinajstić information content (AvgIpc) is 2.78. The normalized spacial score (nSPS) is 10.8. The number of nitrogens with one attached hydrogen (secondary N) is 1. The second kappa shape index (κ2) is 5.78. The summed E-state index contributed by atoms with van der Waals surface area (Å²) in [6.07, 6.45) is 4.67. The second-order valence-electron chi connectivity index (χ2n) is 4.39. The van der Waals surface area contributed by atoms with Crippen LogP contribution in [0.4, 0.5) is 4.39 Å². The summed E-state index contributed by atoms with van der Waals surface area (Å²) in [6, 6.07) is 5.34. The van der Waals surface area contributed by atoms with Crippen molar-refractivity contribution in [1.82, 2.24) is 15.1 Å². The van der Waals surface area contributed by atoms with Gasteiger partial charge in [-0.05, 0) is 24.6 Å². The van der Waals surface area contributed by atoms with Crippen molar-refractivity contribution in [2.75, 3.05) is 6.54 Å². The smallest absolute Gasteiger partial charge is 0.128 e. The molecule has 0 saturated heterocycles. The van der Waals surface area contributed by atoms with Gasteiger partial charge in [0, 0.05) is 30.9 Å². The first-order chi connectivity index (χ1) is 8.70. The zero-order chi connectivity index (χ0) is 13.0. The predicted molar refractivity (Wildman–Crippen MR) is 70.6 cm³/mol. The van der Waals surface area contributed by atoms with Gasteiger partial charge in [-0.15, -0.1) is 0 Å². The molecule has 1 aromatic heterocycles. The van der Waals surface area contributed by atoms with Crippen LogP contribution in [0.15, 0.2) is 30.6 Å². The minimum Gasteiger partial charge on any atom is -0.313 e. The molecular weight excluding hydrogens is 229 g/mol. The summed E-state index contributed by atoms with van der Waals surface area (Å²) in [5, 5.41) is 7.29. The molecule has 1 N–H and O–H groups in total. The minimum absolute atomic E-state index is 0.167. The number of aryl methyl sites for hydroxylation is 1. The third kappa shape index (κ3) is 2.96. The lowest BCUT2D eigenvalue weighted by molar-refractivity contribution is 0.587. The highest BCUT2D eigenvalue weighted by Gasteiger charge is 2.06. The molecule has 2 aromatic rings. The standard InChI is InChI=1S/C14H18FN3/c1-3-6-16-8-12-5-4-11(7-14(12)15)13-9-17-18(2)10-13/h4-5,7,9-10,16H,3,6,8H2,1-2H3. The molecule has 4 heteroatoms. The Morgan fingerprint density at radius 1 is 1.33 bits per heavy atom. The third-order valence-electron chi connectivity index (χ3n) is 2.83. The van der Waals surface area contributed by atoms with Gasteiger partial charge in [0.15, 0.2) is 0 Å². The van der Waals surface area contributed by atoms with Gasteiger partial charge >= 0.3 is 0 Å². The molecule has 0 amide bonds. The highest BCUT2D eigenvalue weighted by molar-refractivity contribution is 5.62. The lowest BCUT2D eigenvalue weighted by atomic mass is 10.1. The third-order valence-corrected chi connectivity index (χ3v) is 2.83. The van der Waals surface area contributed by atoms with Crippen molar-refractivity contribution in [2.24, 2.45) is 7.05 Å². The van der Waals surface area contributed by atoms with Crippen LogP contribution in [0.25, 0.3) is 11.1 Å². The lowest BCUT2D eigenvalue weighted by Crippen LogP contribution is -2.14. The Balaban J connectivity index is 2.14. The molecule has 0 bridgehead atoms. The molecule has 0 fully saturated rings. The summed E-state index contributed by atoms with van der Waals surface area (Å²) in [5.74, 6) is -0.167. The molecule has 0 aliphatic carbocycles. The van der Waals surface area contributed by atoms with Crippen LogP contribution >= 0.6 is 0 Å². The van der Waals surface area contributed by atoms with Crippen LogP contribution in [-0.4, -0.2) is 16.3 Å². The van der Waals surface area contributed by atoms with Crippen molar-refractivity contribution in [2.45, 2.75) is 19.9 Å². The lowest BCUT2D eigenvalue weighted by Gasteiger charge is -2.06. The van der Waals surface area contributed by atoms with Crippen molar-refractivity contribution in [3.05, 3.63) is 42.0 Å². The van der Waals surface area contributed by atoms with E-state index in [4.69, 9.17) is 0 Å². The predicted octanol–water partition coefficient (Wildman–Crippen LogP) is 2.73. The molecule has 0 saturated carbocycles. The van der Waals surface area contributed by atoms with E-state index in [0.717, 1.165) is 24.1 Å². The average molecular weight is 247 g/mol. The topological polar surface area (TPSA) is 29.9 Å². The van der Waals surface area contributed by atoms with Gasteiger partial charge < -0.3 is 5.32 Å². The zero-order valence-electron chi connectivity index (χ0n) is 10.8. The summed E-state index contributed by atoms with van der Waals surface area (Å²) in [7, 11) is 1.85. The highest BCUT2D eigenvalue weighted by atomic mass is 19.1. The van der Waals surface area contributed by atoms with Crippen LogP contribution in [0.5, 0.6) is 0 Å². The fourth-order valence-corrected chi connectivity index (χ4v) is 1.84. The first-order valence-corrected chi connectivity index (χ1v) is 6.19. The van der Waals surface area contributed by atoms with Crippen molar-refractivity contribution in [1.29, 1.82) is 0 Å². The van der Waals surface area contributed by atoms with Crippen molar-refractivity contribution >= 4 is 0 Å². The molecule has 96 valence electrons. The molecule has 1 aromatic carbocycles. The molecule has 0 aliphatic rings. The fraction of sp³-hybridized carbons (Fsp3) is 0.357. The highest BCUT2D eigenvalue weighted by Crippen LogP contribution is 2.21. The number of benzene rings is 1. The Morgan fingerprint density at radius 3 is 2.78 bits per heavy atom. The Hall–Kier alpha value is -1.68. The molecule has 0 aliphatic heterocycles. The van der Waals surface area contributed by atoms with E-state index in [0.29, 0.717) is 12.1 Å². The van der Waals surface area contributed by atoms with Gasteiger partial charge in [0.25, 0.3) is 0 Å². The first kappa shape index (κ1) is 12.8. The summed E-state index contributed by atoms with van der Waals surface area (Å²) >= 11 is 0. The van der Waals surface area contributed by atoms with E-state index in [1.807, 2.05) is 25.4 Å². The van der Waals surface area contributed by atoms with E-state index in [9.17, 15) is 4.39 Å². The van der Waals surface area contributed by atoms with Crippen LogP contribution in [0.2, 0.25) is 0 Å². The Labute approximate surface area is 107 Å². The summed E-state index contributed by atoms with van der Waals surface area (Å²) in [4.78, 5) is 0. The molecule has 3 nitrogen and oxygen atoms in total. The SMILES string of the molecule is CCCNCc1ccc(-c2cnn(C)c2)cc1F. The van der Waals surface area contributed by atoms with E-state index in [1.54, 1.807) is 16.9 Å². The van der Waals surface area contributed by atoms with Gasteiger partial charge in [0.05, 0.1) is 6.20 Å². The van der Waals surface area contributed by atoms with Crippen LogP contribution in [0.3, 0.4) is 0 Å². The van der Waals surface area contributed by atoms with Crippen molar-refractivity contribution in [3.8, 4) is 11.1 Å². The van der Waals surface area contributed by atoms with Crippen molar-refractivity contribution < 1.29 is 4.39 Å². The van der Waals surface area contributed by atoms with E-state index in [1.165, 1.54) is 0 Å². The molecule has 0 unspecified atom stereocenters. The van der Waals surface area contributed by atoms with E-state index >= 15 is 0 Å². The van der Waals surface area contributed by atoms with E-state index in [2.05, 4.69) is 17.3 Å². The number of rotatable bonds is 5. The fourth-order valence-electron chi connectivity index (χ4n) is 1.84. The van der Waals surface area contributed by atoms with Gasteiger partial charge in [0.1, 0.15) is 5.82 Å². The summed E-state index contributed by atoms with van der Waals surface area (Å²) in [6.45, 7) is 3.58. The van der Waals surface area contributed by atoms with Gasteiger partial charge in [0.2, 0.25) is 0 Å². The largest absolute Gasteiger partial charge is 0.313 e. The Morgan fingerprint density at radius 2 is 2.17 bits per heavy atom. The van der Waals surface area contributed by atoms with Crippen LogP contribution in [-0.2, 0) is 13.6 Å². The molecule has 0 radical (unpaired) electrons. The maximum atomic E-state index is 13.9. The van der Waals surface area contributed by atoms with Crippen LogP contribution in [0.1, 0.15) is 18.9 Å². The van der Waals surface area contributed by atoms with Crippen molar-refractivity contribution in [3.63, 3.8) is 0 Å². The number of hydrogen-bond acceptors (Lipinski definition) is 2. The number of nitrogens with zero attached hydrogens (tertiary/aromatic N) is 2. The van der Waals surface area contributed by atoms with Gasteiger partial charge in [-0.25, -0.2) is 4.39 Å². The molecule has 1 heterocycles. The molecular formula is C14H18FN3. The monoisotopic (exact) mass is 247 g/mol. The summed E-state index contributed by atoms with van der Waals surface area (Å²) < 4.78 is 15.6. The molecule has 2 rings (SSSR count). The second-order valence-corrected chi connectivity index (χ2v) is 4.39. The van der Waals surface area contributed by atoms with Crippen LogP contribution < -0.4 is 5.32 Å². The van der Waals surface area contributed by atoms with Gasteiger partial charge in [-0.1, -0.05) is 19.1 Å². The Bertz CT molecular complexity index is 520. The minimum atomic E-state index is -0.167. The maximum Gasteiger partial charge on any atom is 0.128 e. The number of hydrogen-bond donors (Lipinski definition) is 1. The maximum absolute atomic E-state index is 13.9. The summed E-state index contributed by atoms with van der Waals surface area (Å²) in [5.41, 5.74) is 2.50. The number of halogens is 1. The van der Waals surface area contributed by atoms with E-state index in [-0.39, 0.29) is 5.82 Å². The molecule has 0 spiro atoms. The number of aromatic nitrogens is 2. The van der Waals surface area contributed by atoms with Gasteiger partial charge in [-0.3, -0.25) is 4.68 Å². The first-order valence-electron chi connectivity index (χ1n) is 6.19. The zero-order valence-corrected chi connectivity index (χ0v) is 10.8. The van der Waals surface area contributed by atoms with Crippen LogP contribution in [0, 0.1) is 5.82 Å².